The molecule has 1 N–H and O–H groups in total. The number of aryl methyl sites for hydroxylation is 1. The zero-order valence-electron chi connectivity index (χ0n) is 9.27. The molecule has 0 amide bonds. The summed E-state index contributed by atoms with van der Waals surface area (Å²) < 4.78 is 7.59. The normalized spacial score (nSPS) is 25.0. The lowest BCUT2D eigenvalue weighted by Crippen LogP contribution is -2.29. The van der Waals surface area contributed by atoms with Gasteiger partial charge in [0.05, 0.1) is 23.7 Å². The van der Waals surface area contributed by atoms with Crippen molar-refractivity contribution >= 4 is 0 Å². The van der Waals surface area contributed by atoms with E-state index in [1.54, 1.807) is 17.0 Å². The molecule has 0 aliphatic carbocycles. The summed E-state index contributed by atoms with van der Waals surface area (Å²) in [6, 6.07) is 0. The summed E-state index contributed by atoms with van der Waals surface area (Å²) in [5.74, 6) is 0.389. The molecule has 0 radical (unpaired) electrons. The van der Waals surface area contributed by atoms with Gasteiger partial charge in [-0.2, -0.15) is 5.10 Å². The minimum atomic E-state index is -0.414. The number of aliphatic hydroxyl groups excluding tert-OH is 1. The highest BCUT2D eigenvalue weighted by atomic mass is 16.5. The van der Waals surface area contributed by atoms with Crippen LogP contribution in [0.4, 0.5) is 0 Å². The summed E-state index contributed by atoms with van der Waals surface area (Å²) in [6.45, 7) is 3.87. The van der Waals surface area contributed by atoms with Crippen molar-refractivity contribution < 1.29 is 9.84 Å². The Bertz CT molecular complexity index is 393. The zero-order valence-corrected chi connectivity index (χ0v) is 9.27. The summed E-state index contributed by atoms with van der Waals surface area (Å²) in [7, 11) is 1.87. The third kappa shape index (κ3) is 2.21. The molecule has 4 nitrogen and oxygen atoms in total. The van der Waals surface area contributed by atoms with E-state index in [2.05, 4.69) is 5.10 Å². The van der Waals surface area contributed by atoms with Gasteiger partial charge in [0.25, 0.3) is 0 Å². The Hall–Kier alpha value is -1.29. The number of hydrogen-bond donors (Lipinski definition) is 1. The lowest BCUT2D eigenvalue weighted by molar-refractivity contribution is -0.0611. The standard InChI is InChI=1S/C11H16N2O2/c1-11(2)5-9(14)4-10(15-11)8-6-12-13(3)7-8/h5-7,10,14H,4H2,1-3H3. The quantitative estimate of drug-likeness (QED) is 0.768. The first-order valence-corrected chi connectivity index (χ1v) is 5.03. The van der Waals surface area contributed by atoms with Crippen molar-refractivity contribution in [2.75, 3.05) is 0 Å². The van der Waals surface area contributed by atoms with Crippen molar-refractivity contribution in [1.82, 2.24) is 9.78 Å². The third-order valence-corrected chi connectivity index (χ3v) is 2.45. The lowest BCUT2D eigenvalue weighted by atomic mass is 9.99. The highest BCUT2D eigenvalue weighted by Crippen LogP contribution is 2.34. The van der Waals surface area contributed by atoms with E-state index < -0.39 is 5.60 Å². The molecule has 1 unspecified atom stereocenters. The van der Waals surface area contributed by atoms with Gasteiger partial charge in [0.1, 0.15) is 0 Å². The SMILES string of the molecule is Cn1cc(C2CC(O)=CC(C)(C)O2)cn1. The molecular formula is C11H16N2O2. The Morgan fingerprint density at radius 1 is 1.60 bits per heavy atom. The van der Waals surface area contributed by atoms with E-state index in [0.29, 0.717) is 12.2 Å². The number of aromatic nitrogens is 2. The van der Waals surface area contributed by atoms with E-state index in [1.165, 1.54) is 0 Å². The summed E-state index contributed by atoms with van der Waals surface area (Å²) in [5, 5.41) is 13.7. The zero-order chi connectivity index (χ0) is 11.1. The largest absolute Gasteiger partial charge is 0.512 e. The monoisotopic (exact) mass is 208 g/mol. The molecule has 1 aliphatic rings. The smallest absolute Gasteiger partial charge is 0.0940 e. The highest BCUT2D eigenvalue weighted by molar-refractivity contribution is 5.16. The lowest BCUT2D eigenvalue weighted by Gasteiger charge is -2.32. The summed E-state index contributed by atoms with van der Waals surface area (Å²) >= 11 is 0. The molecular weight excluding hydrogens is 192 g/mol. The fourth-order valence-electron chi connectivity index (χ4n) is 1.88. The van der Waals surface area contributed by atoms with E-state index in [1.807, 2.05) is 27.1 Å². The van der Waals surface area contributed by atoms with Crippen LogP contribution in [0.25, 0.3) is 0 Å². The van der Waals surface area contributed by atoms with Gasteiger partial charge in [-0.15, -0.1) is 0 Å². The molecule has 0 saturated carbocycles. The van der Waals surface area contributed by atoms with Gasteiger partial charge < -0.3 is 9.84 Å². The van der Waals surface area contributed by atoms with E-state index in [4.69, 9.17) is 4.74 Å². The highest BCUT2D eigenvalue weighted by Gasteiger charge is 2.29. The van der Waals surface area contributed by atoms with Gasteiger partial charge in [0.2, 0.25) is 0 Å². The summed E-state index contributed by atoms with van der Waals surface area (Å²) in [5.41, 5.74) is 0.591. The van der Waals surface area contributed by atoms with Crippen LogP contribution in [0.15, 0.2) is 24.2 Å². The van der Waals surface area contributed by atoms with Crippen LogP contribution >= 0.6 is 0 Å². The van der Waals surface area contributed by atoms with Crippen molar-refractivity contribution in [2.45, 2.75) is 32.0 Å². The molecule has 0 spiro atoms. The molecule has 2 heterocycles. The second-order valence-electron chi connectivity index (χ2n) is 4.50. The van der Waals surface area contributed by atoms with E-state index >= 15 is 0 Å². The molecule has 1 aromatic rings. The van der Waals surface area contributed by atoms with Gasteiger partial charge in [-0.25, -0.2) is 0 Å². The molecule has 15 heavy (non-hydrogen) atoms. The Morgan fingerprint density at radius 3 is 2.87 bits per heavy atom. The molecule has 0 saturated heterocycles. The molecule has 2 rings (SSSR count). The van der Waals surface area contributed by atoms with Crippen LogP contribution in [0, 0.1) is 0 Å². The Morgan fingerprint density at radius 2 is 2.33 bits per heavy atom. The van der Waals surface area contributed by atoms with Crippen LogP contribution in [0.2, 0.25) is 0 Å². The fourth-order valence-corrected chi connectivity index (χ4v) is 1.88. The minimum absolute atomic E-state index is 0.0984. The van der Waals surface area contributed by atoms with Gasteiger partial charge >= 0.3 is 0 Å². The Labute approximate surface area is 89.2 Å². The molecule has 82 valence electrons. The van der Waals surface area contributed by atoms with Crippen molar-refractivity contribution in [3.63, 3.8) is 0 Å². The van der Waals surface area contributed by atoms with Crippen LogP contribution in [0.3, 0.4) is 0 Å². The maximum Gasteiger partial charge on any atom is 0.0940 e. The van der Waals surface area contributed by atoms with Gasteiger partial charge in [-0.1, -0.05) is 0 Å². The second kappa shape index (κ2) is 3.38. The van der Waals surface area contributed by atoms with Gasteiger partial charge in [0.15, 0.2) is 0 Å². The van der Waals surface area contributed by atoms with Gasteiger partial charge in [0, 0.05) is 25.2 Å². The Kier molecular flexibility index (Phi) is 2.31. The number of ether oxygens (including phenoxy) is 1. The third-order valence-electron chi connectivity index (χ3n) is 2.45. The van der Waals surface area contributed by atoms with Gasteiger partial charge in [-0.3, -0.25) is 4.68 Å². The first-order valence-electron chi connectivity index (χ1n) is 5.03. The first-order chi connectivity index (χ1) is 6.96. The molecule has 4 heteroatoms. The maximum absolute atomic E-state index is 9.64. The molecule has 1 aromatic heterocycles. The van der Waals surface area contributed by atoms with Crippen LogP contribution in [-0.2, 0) is 11.8 Å². The maximum atomic E-state index is 9.64. The van der Waals surface area contributed by atoms with E-state index in [9.17, 15) is 5.11 Å². The summed E-state index contributed by atoms with van der Waals surface area (Å²) in [6.07, 6.45) is 5.87. The van der Waals surface area contributed by atoms with Crippen molar-refractivity contribution in [1.29, 1.82) is 0 Å². The summed E-state index contributed by atoms with van der Waals surface area (Å²) in [4.78, 5) is 0. The van der Waals surface area contributed by atoms with Crippen LogP contribution < -0.4 is 0 Å². The molecule has 0 fully saturated rings. The van der Waals surface area contributed by atoms with Crippen LogP contribution in [0.1, 0.15) is 31.9 Å². The molecule has 1 atom stereocenters. The predicted molar refractivity (Wildman–Crippen MR) is 56.4 cm³/mol. The van der Waals surface area contributed by atoms with E-state index in [0.717, 1.165) is 5.56 Å². The average molecular weight is 208 g/mol. The van der Waals surface area contributed by atoms with Gasteiger partial charge in [-0.05, 0) is 19.9 Å². The van der Waals surface area contributed by atoms with Crippen LogP contribution in [-0.4, -0.2) is 20.5 Å². The molecule has 0 aromatic carbocycles. The molecule has 0 bridgehead atoms. The van der Waals surface area contributed by atoms with E-state index in [-0.39, 0.29) is 6.10 Å². The minimum Gasteiger partial charge on any atom is -0.512 e. The van der Waals surface area contributed by atoms with Crippen molar-refractivity contribution in [3.8, 4) is 0 Å². The Balaban J connectivity index is 2.23. The van der Waals surface area contributed by atoms with Crippen molar-refractivity contribution in [3.05, 3.63) is 29.8 Å². The first kappa shape index (κ1) is 10.2. The number of aliphatic hydroxyl groups is 1. The number of rotatable bonds is 1. The average Bonchev–Trinajstić information content (AvgIpc) is 2.48. The fraction of sp³-hybridized carbons (Fsp3) is 0.545. The second-order valence-corrected chi connectivity index (χ2v) is 4.50. The number of hydrogen-bond acceptors (Lipinski definition) is 3. The topological polar surface area (TPSA) is 47.3 Å². The predicted octanol–water partition coefficient (Wildman–Crippen LogP) is 2.10. The molecule has 1 aliphatic heterocycles. The van der Waals surface area contributed by atoms with Crippen LogP contribution in [0.5, 0.6) is 0 Å². The number of nitrogens with zero attached hydrogens (tertiary/aromatic N) is 2. The van der Waals surface area contributed by atoms with Crippen molar-refractivity contribution in [2.24, 2.45) is 7.05 Å².